The summed E-state index contributed by atoms with van der Waals surface area (Å²) in [6.07, 6.45) is 3.86. The Labute approximate surface area is 157 Å². The first-order valence-corrected chi connectivity index (χ1v) is 8.81. The number of aryl methyl sites for hydroxylation is 1. The van der Waals surface area contributed by atoms with Gasteiger partial charge in [0.2, 0.25) is 0 Å². The molecule has 2 atom stereocenters. The average Bonchev–Trinajstić information content (AvgIpc) is 3.19. The van der Waals surface area contributed by atoms with E-state index >= 15 is 0 Å². The molecule has 0 amide bonds. The van der Waals surface area contributed by atoms with Crippen molar-refractivity contribution in [1.29, 1.82) is 0 Å². The second kappa shape index (κ2) is 6.50. The normalized spacial score (nSPS) is 19.9. The highest BCUT2D eigenvalue weighted by Gasteiger charge is 2.41. The van der Waals surface area contributed by atoms with Crippen LogP contribution in [0.2, 0.25) is 5.02 Å². The van der Waals surface area contributed by atoms with Gasteiger partial charge in [-0.3, -0.25) is 4.98 Å². The van der Waals surface area contributed by atoms with Crippen molar-refractivity contribution in [1.82, 2.24) is 14.9 Å². The van der Waals surface area contributed by atoms with E-state index in [1.807, 2.05) is 68.0 Å². The molecule has 2 aromatic heterocycles. The van der Waals surface area contributed by atoms with Crippen molar-refractivity contribution >= 4 is 34.6 Å². The number of hydrogen-bond donors (Lipinski definition) is 1. The predicted octanol–water partition coefficient (Wildman–Crippen LogP) is 4.25. The number of halogens is 1. The van der Waals surface area contributed by atoms with Crippen molar-refractivity contribution in [2.45, 2.75) is 12.1 Å². The Balaban J connectivity index is 1.83. The van der Waals surface area contributed by atoms with Crippen molar-refractivity contribution in [3.63, 3.8) is 0 Å². The molecule has 0 unspecified atom stereocenters. The fourth-order valence-corrected chi connectivity index (χ4v) is 3.79. The third-order valence-electron chi connectivity index (χ3n) is 4.49. The molecule has 0 aliphatic carbocycles. The summed E-state index contributed by atoms with van der Waals surface area (Å²) in [5, 5.41) is 4.84. The lowest BCUT2D eigenvalue weighted by Gasteiger charge is -2.28. The highest BCUT2D eigenvalue weighted by atomic mass is 35.5. The molecular weight excluding hydrogens is 352 g/mol. The first kappa shape index (κ1) is 16.1. The van der Waals surface area contributed by atoms with Crippen molar-refractivity contribution < 1.29 is 0 Å². The number of anilines is 1. The van der Waals surface area contributed by atoms with Gasteiger partial charge in [-0.2, -0.15) is 0 Å². The Morgan fingerprint density at radius 1 is 1.08 bits per heavy atom. The Bertz CT molecular complexity index is 891. The summed E-state index contributed by atoms with van der Waals surface area (Å²) in [5.74, 6) is 0. The van der Waals surface area contributed by atoms with Crippen LogP contribution in [0.4, 0.5) is 5.69 Å². The number of rotatable bonds is 3. The van der Waals surface area contributed by atoms with Crippen LogP contribution in [-0.2, 0) is 7.05 Å². The van der Waals surface area contributed by atoms with Crippen LogP contribution in [0, 0.1) is 0 Å². The third-order valence-corrected chi connectivity index (χ3v) is 5.06. The van der Waals surface area contributed by atoms with E-state index in [0.717, 1.165) is 17.1 Å². The van der Waals surface area contributed by atoms with Gasteiger partial charge in [-0.15, -0.1) is 0 Å². The summed E-state index contributed by atoms with van der Waals surface area (Å²) < 4.78 is 2.12. The number of benzene rings is 1. The number of pyridine rings is 1. The van der Waals surface area contributed by atoms with Gasteiger partial charge in [0.15, 0.2) is 5.11 Å². The lowest BCUT2D eigenvalue weighted by Crippen LogP contribution is -2.30. The minimum absolute atomic E-state index is 0.00331. The van der Waals surface area contributed by atoms with Crippen LogP contribution in [0.1, 0.15) is 23.5 Å². The lowest BCUT2D eigenvalue weighted by atomic mass is 10.0. The van der Waals surface area contributed by atoms with E-state index in [0.29, 0.717) is 10.1 Å². The third kappa shape index (κ3) is 2.90. The van der Waals surface area contributed by atoms with Gasteiger partial charge in [0, 0.05) is 35.8 Å². The highest BCUT2D eigenvalue weighted by Crippen LogP contribution is 2.41. The van der Waals surface area contributed by atoms with Gasteiger partial charge in [-0.1, -0.05) is 17.7 Å². The molecule has 1 saturated heterocycles. The zero-order valence-electron chi connectivity index (χ0n) is 13.6. The zero-order chi connectivity index (χ0) is 17.4. The minimum atomic E-state index is -0.0296. The molecule has 25 heavy (non-hydrogen) atoms. The number of nitrogens with one attached hydrogen (secondary N) is 1. The molecule has 1 aliphatic heterocycles. The standard InChI is InChI=1S/C19H17ClN4S/c1-23-12-4-6-16(23)18-17(15-5-2-3-11-21-15)22-19(25)24(18)14-9-7-13(20)8-10-14/h2-12,17-18H,1H3,(H,22,25)/t17-,18+/m1/s1. The second-order valence-electron chi connectivity index (χ2n) is 6.02. The summed E-state index contributed by atoms with van der Waals surface area (Å²) in [5.41, 5.74) is 3.14. The Hall–Kier alpha value is -2.37. The molecular formula is C19H17ClN4S. The number of aromatic nitrogens is 2. The summed E-state index contributed by atoms with van der Waals surface area (Å²) in [4.78, 5) is 6.69. The number of thiocarbonyl (C=S) groups is 1. The molecule has 3 heterocycles. The van der Waals surface area contributed by atoms with Crippen LogP contribution in [0.15, 0.2) is 67.0 Å². The van der Waals surface area contributed by atoms with Gasteiger partial charge in [-0.05, 0) is 60.7 Å². The Kier molecular flexibility index (Phi) is 4.19. The number of nitrogens with zero attached hydrogens (tertiary/aromatic N) is 3. The maximum absolute atomic E-state index is 6.06. The summed E-state index contributed by atoms with van der Waals surface area (Å²) in [6.45, 7) is 0. The van der Waals surface area contributed by atoms with Gasteiger partial charge < -0.3 is 14.8 Å². The molecule has 6 heteroatoms. The number of hydrogen-bond acceptors (Lipinski definition) is 2. The van der Waals surface area contributed by atoms with Gasteiger partial charge in [-0.25, -0.2) is 0 Å². The van der Waals surface area contributed by atoms with Crippen molar-refractivity contribution in [2.75, 3.05) is 4.90 Å². The van der Waals surface area contributed by atoms with Crippen LogP contribution >= 0.6 is 23.8 Å². The molecule has 3 aromatic rings. The molecule has 1 N–H and O–H groups in total. The molecule has 126 valence electrons. The maximum Gasteiger partial charge on any atom is 0.174 e. The first-order chi connectivity index (χ1) is 12.1. The van der Waals surface area contributed by atoms with Crippen molar-refractivity contribution in [3.05, 3.63) is 83.4 Å². The summed E-state index contributed by atoms with van der Waals surface area (Å²) in [7, 11) is 2.05. The second-order valence-corrected chi connectivity index (χ2v) is 6.84. The highest BCUT2D eigenvalue weighted by molar-refractivity contribution is 7.80. The maximum atomic E-state index is 6.06. The van der Waals surface area contributed by atoms with E-state index < -0.39 is 0 Å². The summed E-state index contributed by atoms with van der Waals surface area (Å²) in [6, 6.07) is 17.9. The van der Waals surface area contributed by atoms with E-state index in [4.69, 9.17) is 23.8 Å². The molecule has 1 aliphatic rings. The van der Waals surface area contributed by atoms with Crippen molar-refractivity contribution in [2.24, 2.45) is 7.05 Å². The molecule has 1 aromatic carbocycles. The molecule has 0 spiro atoms. The van der Waals surface area contributed by atoms with E-state index in [2.05, 4.69) is 25.8 Å². The van der Waals surface area contributed by atoms with Crippen LogP contribution in [0.25, 0.3) is 0 Å². The van der Waals surface area contributed by atoms with Gasteiger partial charge in [0.1, 0.15) is 6.04 Å². The monoisotopic (exact) mass is 368 g/mol. The molecule has 1 fully saturated rings. The molecule has 4 nitrogen and oxygen atoms in total. The van der Waals surface area contributed by atoms with Crippen LogP contribution in [0.3, 0.4) is 0 Å². The fourth-order valence-electron chi connectivity index (χ4n) is 3.32. The Morgan fingerprint density at radius 3 is 2.52 bits per heavy atom. The first-order valence-electron chi connectivity index (χ1n) is 8.02. The van der Waals surface area contributed by atoms with Gasteiger partial charge in [0.05, 0.1) is 11.7 Å². The topological polar surface area (TPSA) is 33.1 Å². The van der Waals surface area contributed by atoms with Crippen LogP contribution in [0.5, 0.6) is 0 Å². The van der Waals surface area contributed by atoms with Crippen LogP contribution < -0.4 is 10.2 Å². The van der Waals surface area contributed by atoms with Crippen LogP contribution in [-0.4, -0.2) is 14.7 Å². The van der Waals surface area contributed by atoms with E-state index in [-0.39, 0.29) is 12.1 Å². The van der Waals surface area contributed by atoms with Crippen molar-refractivity contribution in [3.8, 4) is 0 Å². The molecule has 0 saturated carbocycles. The predicted molar refractivity (Wildman–Crippen MR) is 105 cm³/mol. The van der Waals surface area contributed by atoms with Gasteiger partial charge >= 0.3 is 0 Å². The quantitative estimate of drug-likeness (QED) is 0.700. The van der Waals surface area contributed by atoms with E-state index in [1.165, 1.54) is 0 Å². The molecule has 0 radical (unpaired) electrons. The van der Waals surface area contributed by atoms with E-state index in [9.17, 15) is 0 Å². The largest absolute Gasteiger partial charge is 0.353 e. The fraction of sp³-hybridized carbons (Fsp3) is 0.158. The van der Waals surface area contributed by atoms with Gasteiger partial charge in [0.25, 0.3) is 0 Å². The summed E-state index contributed by atoms with van der Waals surface area (Å²) >= 11 is 11.7. The molecule has 0 bridgehead atoms. The SMILES string of the molecule is Cn1cccc1[C@H]1[C@@H](c2ccccn2)NC(=S)N1c1ccc(Cl)cc1. The smallest absolute Gasteiger partial charge is 0.174 e. The Morgan fingerprint density at radius 2 is 1.88 bits per heavy atom. The average molecular weight is 369 g/mol. The zero-order valence-corrected chi connectivity index (χ0v) is 15.2. The van der Waals surface area contributed by atoms with E-state index in [1.54, 1.807) is 0 Å². The molecule has 4 rings (SSSR count). The minimum Gasteiger partial charge on any atom is -0.353 e. The lowest BCUT2D eigenvalue weighted by molar-refractivity contribution is 0.541.